The van der Waals surface area contributed by atoms with E-state index in [0.29, 0.717) is 0 Å². The molecule has 0 bridgehead atoms. The van der Waals surface area contributed by atoms with Crippen molar-refractivity contribution in [2.45, 2.75) is 0 Å². The van der Waals surface area contributed by atoms with Gasteiger partial charge in [0, 0.05) is 34.1 Å². The predicted molar refractivity (Wildman–Crippen MR) is 338 cm³/mol. The number of fused-ring (bicyclic) bond motifs is 8. The van der Waals surface area contributed by atoms with Crippen molar-refractivity contribution in [3.63, 3.8) is 0 Å². The van der Waals surface area contributed by atoms with Crippen LogP contribution in [0.1, 0.15) is 0 Å². The van der Waals surface area contributed by atoms with E-state index in [1.807, 2.05) is 0 Å². The molecular weight excluding hydrogens is 952 g/mol. The van der Waals surface area contributed by atoms with E-state index < -0.39 is 0 Å². The predicted octanol–water partition coefficient (Wildman–Crippen LogP) is 18.7. The number of hydrogen-bond donors (Lipinski definition) is 0. The molecule has 0 unspecified atom stereocenters. The van der Waals surface area contributed by atoms with Crippen LogP contribution in [0.5, 0.6) is 0 Å². The van der Waals surface area contributed by atoms with Crippen molar-refractivity contribution in [1.82, 2.24) is 0 Å². The van der Waals surface area contributed by atoms with Crippen molar-refractivity contribution in [2.75, 3.05) is 9.80 Å². The van der Waals surface area contributed by atoms with Crippen LogP contribution < -0.4 is 26.2 Å². The Labute approximate surface area is 460 Å². The van der Waals surface area contributed by atoms with Crippen LogP contribution in [-0.4, -0.2) is 6.71 Å². The standard InChI is InChI=1S/C76H49BN2/c1-5-19-50(20-6-1)63-38-64(51-21-7-2-8-22-51)41-68(40-63)78-72-46-58-31-17-15-29-56(58)44-70(72)77-71-45-57-30-16-18-32-59(57)47-73(71)79(69-42-65(52-23-9-3-10-24-52)39-66(43-69)53-25-11-4-12-26-53)75-49-67(48-74(78)76(75)77)61-34-33-60-35-54-27-13-14-28-55(54)36-62(60)37-61/h1-49H. The fourth-order valence-electron chi connectivity index (χ4n) is 12.9. The molecule has 16 rings (SSSR count). The second-order valence-corrected chi connectivity index (χ2v) is 21.3. The summed E-state index contributed by atoms with van der Waals surface area (Å²) < 4.78 is 0. The molecule has 0 amide bonds. The number of nitrogens with zero attached hydrogens (tertiary/aromatic N) is 2. The Balaban J connectivity index is 1.05. The summed E-state index contributed by atoms with van der Waals surface area (Å²) in [5.74, 6) is 0. The first-order chi connectivity index (χ1) is 39.1. The first-order valence-electron chi connectivity index (χ1n) is 27.4. The van der Waals surface area contributed by atoms with E-state index in [1.165, 1.54) is 93.1 Å². The van der Waals surface area contributed by atoms with Gasteiger partial charge in [0.05, 0.1) is 0 Å². The van der Waals surface area contributed by atoms with Gasteiger partial charge in [-0.25, -0.2) is 0 Å². The Bertz CT molecular complexity index is 4370. The lowest BCUT2D eigenvalue weighted by Gasteiger charge is -2.45. The summed E-state index contributed by atoms with van der Waals surface area (Å²) in [5.41, 5.74) is 22.4. The average molecular weight is 1000 g/mol. The molecule has 14 aromatic carbocycles. The summed E-state index contributed by atoms with van der Waals surface area (Å²) in [7, 11) is 0. The van der Waals surface area contributed by atoms with Crippen LogP contribution in [0.2, 0.25) is 0 Å². The highest BCUT2D eigenvalue weighted by molar-refractivity contribution is 7.00. The van der Waals surface area contributed by atoms with Crippen molar-refractivity contribution in [3.8, 4) is 55.6 Å². The van der Waals surface area contributed by atoms with E-state index in [1.54, 1.807) is 0 Å². The molecule has 2 aliphatic heterocycles. The van der Waals surface area contributed by atoms with Crippen LogP contribution in [0.15, 0.2) is 297 Å². The summed E-state index contributed by atoms with van der Waals surface area (Å²) >= 11 is 0. The average Bonchev–Trinajstić information content (AvgIpc) is 3.71. The quantitative estimate of drug-likeness (QED) is 0.116. The Kier molecular flexibility index (Phi) is 10.4. The van der Waals surface area contributed by atoms with Crippen LogP contribution in [-0.2, 0) is 0 Å². The van der Waals surface area contributed by atoms with Gasteiger partial charge in [-0.15, -0.1) is 0 Å². The fourth-order valence-corrected chi connectivity index (χ4v) is 12.9. The Morgan fingerprint density at radius 2 is 0.506 bits per heavy atom. The zero-order valence-electron chi connectivity index (χ0n) is 43.3. The molecule has 79 heavy (non-hydrogen) atoms. The number of benzene rings is 14. The molecule has 0 radical (unpaired) electrons. The van der Waals surface area contributed by atoms with E-state index in [9.17, 15) is 0 Å². The number of rotatable bonds is 7. The molecule has 0 spiro atoms. The molecule has 0 N–H and O–H groups in total. The normalized spacial score (nSPS) is 12.5. The van der Waals surface area contributed by atoms with Crippen molar-refractivity contribution in [3.05, 3.63) is 297 Å². The van der Waals surface area contributed by atoms with Gasteiger partial charge in [-0.1, -0.05) is 218 Å². The third-order valence-corrected chi connectivity index (χ3v) is 16.6. The largest absolute Gasteiger partial charge is 0.311 e. The molecule has 366 valence electrons. The zero-order valence-corrected chi connectivity index (χ0v) is 43.3. The summed E-state index contributed by atoms with van der Waals surface area (Å²) in [6.45, 7) is -0.106. The van der Waals surface area contributed by atoms with E-state index >= 15 is 0 Å². The topological polar surface area (TPSA) is 6.48 Å². The van der Waals surface area contributed by atoms with Gasteiger partial charge in [0.25, 0.3) is 6.71 Å². The van der Waals surface area contributed by atoms with Crippen molar-refractivity contribution >= 4 is 100 Å². The number of anilines is 6. The molecule has 0 aliphatic carbocycles. The highest BCUT2D eigenvalue weighted by Gasteiger charge is 2.44. The van der Waals surface area contributed by atoms with E-state index in [0.717, 1.165) is 56.1 Å². The zero-order chi connectivity index (χ0) is 52.0. The van der Waals surface area contributed by atoms with Gasteiger partial charge in [0.15, 0.2) is 0 Å². The van der Waals surface area contributed by atoms with E-state index in [-0.39, 0.29) is 6.71 Å². The first kappa shape index (κ1) is 45.0. The lowest BCUT2D eigenvalue weighted by atomic mass is 9.33. The third kappa shape index (κ3) is 7.65. The van der Waals surface area contributed by atoms with Gasteiger partial charge in [0.2, 0.25) is 0 Å². The minimum atomic E-state index is -0.106. The maximum atomic E-state index is 2.61. The number of hydrogen-bond acceptors (Lipinski definition) is 2. The van der Waals surface area contributed by atoms with Gasteiger partial charge in [0.1, 0.15) is 0 Å². The molecular formula is C76H49BN2. The minimum Gasteiger partial charge on any atom is -0.311 e. The van der Waals surface area contributed by atoms with Gasteiger partial charge in [-0.2, -0.15) is 0 Å². The highest BCUT2D eigenvalue weighted by Crippen LogP contribution is 2.50. The van der Waals surface area contributed by atoms with Crippen LogP contribution in [0.25, 0.3) is 98.7 Å². The summed E-state index contributed by atoms with van der Waals surface area (Å²) in [6, 6.07) is 111. The molecule has 0 atom stereocenters. The maximum Gasteiger partial charge on any atom is 0.252 e. The van der Waals surface area contributed by atoms with Crippen LogP contribution in [0.3, 0.4) is 0 Å². The molecule has 14 aromatic rings. The summed E-state index contributed by atoms with van der Waals surface area (Å²) in [5, 5.41) is 9.79. The SMILES string of the molecule is c1ccc(-c2cc(-c3ccccc3)cc(N3c4cc5ccccc5cc4B4c5cc6ccccc6cc5N(c5cc(-c6ccccc6)cc(-c6ccccc6)c5)c5cc(-c6ccc7cc8ccccc8cc7c6)cc3c54)c2)cc1. The Morgan fingerprint density at radius 1 is 0.190 bits per heavy atom. The van der Waals surface area contributed by atoms with Crippen molar-refractivity contribution in [2.24, 2.45) is 0 Å². The molecule has 2 aliphatic rings. The molecule has 2 nitrogen and oxygen atoms in total. The molecule has 0 saturated carbocycles. The minimum absolute atomic E-state index is 0.106. The second kappa shape index (κ2) is 18.2. The van der Waals surface area contributed by atoms with Crippen LogP contribution in [0, 0.1) is 0 Å². The maximum absolute atomic E-state index is 2.61. The van der Waals surface area contributed by atoms with Gasteiger partial charge >= 0.3 is 0 Å². The van der Waals surface area contributed by atoms with Gasteiger partial charge in [-0.05, 0) is 194 Å². The molecule has 0 aromatic heterocycles. The molecule has 2 heterocycles. The molecule has 0 saturated heterocycles. The third-order valence-electron chi connectivity index (χ3n) is 16.6. The monoisotopic (exact) mass is 1000 g/mol. The first-order valence-corrected chi connectivity index (χ1v) is 27.4. The summed E-state index contributed by atoms with van der Waals surface area (Å²) in [6.07, 6.45) is 0. The fraction of sp³-hybridized carbons (Fsp3) is 0. The Hall–Kier alpha value is -10.2. The van der Waals surface area contributed by atoms with Crippen molar-refractivity contribution < 1.29 is 0 Å². The van der Waals surface area contributed by atoms with Crippen LogP contribution in [0.4, 0.5) is 34.1 Å². The van der Waals surface area contributed by atoms with E-state index in [4.69, 9.17) is 0 Å². The van der Waals surface area contributed by atoms with Crippen LogP contribution >= 0.6 is 0 Å². The molecule has 0 fully saturated rings. The lowest BCUT2D eigenvalue weighted by molar-refractivity contribution is 1.26. The van der Waals surface area contributed by atoms with E-state index in [2.05, 4.69) is 307 Å². The summed E-state index contributed by atoms with van der Waals surface area (Å²) in [4.78, 5) is 5.21. The van der Waals surface area contributed by atoms with Gasteiger partial charge < -0.3 is 9.80 Å². The van der Waals surface area contributed by atoms with Gasteiger partial charge in [-0.3, -0.25) is 0 Å². The second-order valence-electron chi connectivity index (χ2n) is 21.3. The van der Waals surface area contributed by atoms with Crippen molar-refractivity contribution in [1.29, 1.82) is 0 Å². The smallest absolute Gasteiger partial charge is 0.252 e. The Morgan fingerprint density at radius 3 is 0.899 bits per heavy atom. The molecule has 3 heteroatoms. The lowest BCUT2D eigenvalue weighted by Crippen LogP contribution is -2.61. The highest BCUT2D eigenvalue weighted by atomic mass is 15.2.